The lowest BCUT2D eigenvalue weighted by Gasteiger charge is -2.23. The number of hydrogen-bond acceptors (Lipinski definition) is 32. The summed E-state index contributed by atoms with van der Waals surface area (Å²) in [6.07, 6.45) is 43.2. The third kappa shape index (κ3) is 21.1. The van der Waals surface area contributed by atoms with Crippen LogP contribution < -0.4 is 31.9 Å². The van der Waals surface area contributed by atoms with Crippen LogP contribution in [0.1, 0.15) is 214 Å². The molecule has 19 aromatic heterocycles. The van der Waals surface area contributed by atoms with E-state index < -0.39 is 0 Å². The molecule has 2 aliphatic heterocycles. The highest BCUT2D eigenvalue weighted by Crippen LogP contribution is 2.46. The quantitative estimate of drug-likeness (QED) is 0.0410. The van der Waals surface area contributed by atoms with Gasteiger partial charge in [-0.2, -0.15) is 96.7 Å². The van der Waals surface area contributed by atoms with Crippen molar-refractivity contribution in [2.75, 3.05) is 45.4 Å². The lowest BCUT2D eigenvalue weighted by Crippen LogP contribution is -2.29. The molecule has 5 aliphatic rings. The highest BCUT2D eigenvalue weighted by atomic mass is 79.9. The van der Waals surface area contributed by atoms with E-state index in [1.165, 1.54) is 185 Å². The molecule has 704 valence electrons. The number of halogens is 3. The molecule has 3 aliphatic carbocycles. The van der Waals surface area contributed by atoms with Crippen molar-refractivity contribution in [3.05, 3.63) is 210 Å². The van der Waals surface area contributed by atoms with Gasteiger partial charge in [-0.25, -0.2) is 24.9 Å². The summed E-state index contributed by atoms with van der Waals surface area (Å²) in [5.41, 5.74) is 23.3. The van der Waals surface area contributed by atoms with Crippen molar-refractivity contribution >= 4 is 217 Å². The van der Waals surface area contributed by atoms with Crippen molar-refractivity contribution in [1.82, 2.24) is 125 Å². The molecule has 6 N–H and O–H groups in total. The molecule has 24 rings (SSSR count). The molecule has 2 atom stereocenters. The topological polar surface area (TPSA) is 354 Å². The molecule has 0 aromatic carbocycles. The maximum absolute atomic E-state index is 7.15. The molecule has 0 bridgehead atoms. The van der Waals surface area contributed by atoms with Crippen LogP contribution in [-0.2, 0) is 14.1 Å². The average Bonchev–Trinajstić information content (AvgIpc) is 1.63. The molecule has 0 radical (unpaired) electrons. The van der Waals surface area contributed by atoms with Crippen molar-refractivity contribution in [1.29, 1.82) is 0 Å². The number of thioether (sulfide) groups is 1. The molecular formula is C94H99Br3N32OS7. The molecule has 2 unspecified atom stereocenters. The van der Waals surface area contributed by atoms with Crippen molar-refractivity contribution < 1.29 is 4.42 Å². The van der Waals surface area contributed by atoms with Crippen molar-refractivity contribution in [3.63, 3.8) is 0 Å². The Balaban J connectivity index is 0.000000106. The van der Waals surface area contributed by atoms with Gasteiger partial charge in [-0.15, -0.1) is 11.3 Å². The number of aryl methyl sites for hydroxylation is 7. The van der Waals surface area contributed by atoms with Crippen LogP contribution in [0.25, 0.3) is 76.9 Å². The van der Waals surface area contributed by atoms with Gasteiger partial charge in [-0.3, -0.25) is 14.3 Å². The number of nitrogens with zero attached hydrogens (tertiary/aromatic N) is 26. The number of piperidine rings is 1. The fourth-order valence-corrected chi connectivity index (χ4v) is 24.9. The standard InChI is InChI=1S/C20H21Br2N7S.C20H19N7OS.C19H21N7S2.C19H20N6S2.C16H18BrN5S/c1-11-8-15(30-27-11)25-20-16(21)17(12-6-4-3-5-7-12)26-19-14(10-24-29(19)20)13-9-23-28(2)18(13)22;1-12-6-19(29-26-12)25-17-8-16(13-4-3-5-22-9-13)24-20-15(10-23-27(17)20)14-7-18(21-2)28-11-14;1-12-7-18(28-24-12)23-17-8-15(16-5-3-4-6-27-16)22-19-14(10-21-26(17)19)13-9-20-25(2)11-13;1-12-7-18(27-24-12)23-17-8-15(13-5-3-2-4-6-13)22-19-14(9-21-25(17)19)16-10-20-11-26-16;1-10-7-15(23-21-10)20-14-8-13(11-5-3-2-4-6-11)19-16-12(17)9-18-22(14)16/h8-10,12,25H,3-7H2,1-2H3;6-8,10-11,13,22,25H,3-5,9H2,1H3;7-11,16,23H,3-6H2,1-2H3;7-11,13,23H,2-6H2,1H3;7-9,11,20H,2-6H2,1H3. The zero-order valence-electron chi connectivity index (χ0n) is 76.3. The first-order valence-electron chi connectivity index (χ1n) is 46.0. The summed E-state index contributed by atoms with van der Waals surface area (Å²) in [5, 5.41) is 58.0. The number of anilines is 10. The van der Waals surface area contributed by atoms with Crippen molar-refractivity contribution in [2.24, 2.45) is 14.1 Å². The Kier molecular flexibility index (Phi) is 28.8. The van der Waals surface area contributed by atoms with Crippen LogP contribution in [0.2, 0.25) is 0 Å². The Morgan fingerprint density at radius 3 is 1.35 bits per heavy atom. The van der Waals surface area contributed by atoms with Gasteiger partial charge < -0.3 is 36.3 Å². The predicted octanol–water partition coefficient (Wildman–Crippen LogP) is 25.8. The van der Waals surface area contributed by atoms with Gasteiger partial charge in [0.2, 0.25) is 0 Å². The minimum absolute atomic E-state index is 0.255. The first-order chi connectivity index (χ1) is 66.9. The monoisotopic (exact) mass is 2150 g/mol. The first-order valence-corrected chi connectivity index (χ1v) is 54.2. The van der Waals surface area contributed by atoms with Crippen LogP contribution >= 0.6 is 129 Å². The van der Waals surface area contributed by atoms with Gasteiger partial charge >= 0.3 is 5.88 Å². The van der Waals surface area contributed by atoms with Crippen LogP contribution in [0.5, 0.6) is 0 Å². The number of fused-ring (bicyclic) bond motifs is 5. The van der Waals surface area contributed by atoms with E-state index in [1.807, 2.05) is 140 Å². The number of hydrogen-bond donors (Lipinski definition) is 6. The lowest BCUT2D eigenvalue weighted by molar-refractivity contribution is 0.435. The number of furan rings is 1. The van der Waals surface area contributed by atoms with Crippen molar-refractivity contribution in [3.8, 4) is 43.8 Å². The molecule has 0 spiro atoms. The van der Waals surface area contributed by atoms with Crippen LogP contribution in [0.15, 0.2) is 146 Å². The van der Waals surface area contributed by atoms with Gasteiger partial charge in [-0.1, -0.05) is 64.2 Å². The van der Waals surface area contributed by atoms with E-state index >= 15 is 0 Å². The molecule has 2 saturated heterocycles. The van der Waals surface area contributed by atoms with Gasteiger partial charge in [0, 0.05) is 125 Å². The Hall–Kier alpha value is -11.2. The van der Waals surface area contributed by atoms with E-state index in [9.17, 15) is 0 Å². The summed E-state index contributed by atoms with van der Waals surface area (Å²) >= 11 is 22.0. The van der Waals surface area contributed by atoms with E-state index in [0.717, 1.165) is 217 Å². The third-order valence-corrected chi connectivity index (χ3v) is 33.5. The van der Waals surface area contributed by atoms with E-state index in [4.69, 9.17) is 35.9 Å². The Labute approximate surface area is 843 Å². The maximum atomic E-state index is 7.15. The maximum Gasteiger partial charge on any atom is 0.346 e. The van der Waals surface area contributed by atoms with E-state index in [-0.39, 0.29) is 5.88 Å². The van der Waals surface area contributed by atoms with Gasteiger partial charge in [0.25, 0.3) is 0 Å². The number of aromatic nitrogens is 25. The second kappa shape index (κ2) is 42.3. The largest absolute Gasteiger partial charge is 0.486 e. The molecule has 33 nitrogen and oxygen atoms in total. The Morgan fingerprint density at radius 2 is 0.876 bits per heavy atom. The van der Waals surface area contributed by atoms with Gasteiger partial charge in [0.15, 0.2) is 34.1 Å². The zero-order chi connectivity index (χ0) is 93.7. The molecule has 21 heterocycles. The summed E-state index contributed by atoms with van der Waals surface area (Å²) in [5.74, 6) is 7.87. The molecule has 43 heteroatoms. The molecule has 19 aromatic rings. The second-order valence-electron chi connectivity index (χ2n) is 35.0. The van der Waals surface area contributed by atoms with Crippen LogP contribution in [0.3, 0.4) is 0 Å². The van der Waals surface area contributed by atoms with E-state index in [0.29, 0.717) is 28.9 Å². The van der Waals surface area contributed by atoms with Gasteiger partial charge in [0.05, 0.1) is 132 Å². The highest BCUT2D eigenvalue weighted by molar-refractivity contribution is 9.11. The molecular weight excluding hydrogens is 2060 g/mol. The normalized spacial score (nSPS) is 16.2. The number of thiazole rings is 1. The van der Waals surface area contributed by atoms with Gasteiger partial charge in [-0.05, 0) is 253 Å². The second-order valence-corrected chi connectivity index (χ2v) is 43.7. The van der Waals surface area contributed by atoms with Gasteiger partial charge in [0.1, 0.15) is 52.9 Å². The third-order valence-electron chi connectivity index (χ3n) is 25.1. The summed E-state index contributed by atoms with van der Waals surface area (Å²) in [6, 6.07) is 20.5. The van der Waals surface area contributed by atoms with E-state index in [2.05, 4.69) is 190 Å². The van der Waals surface area contributed by atoms with Crippen LogP contribution in [-0.4, -0.2) is 138 Å². The minimum atomic E-state index is 0.255. The summed E-state index contributed by atoms with van der Waals surface area (Å²) in [7, 11) is 3.84. The Bertz CT molecular complexity index is 7470. The Morgan fingerprint density at radius 1 is 0.423 bits per heavy atom. The smallest absolute Gasteiger partial charge is 0.346 e. The molecule has 0 amide bonds. The van der Waals surface area contributed by atoms with Crippen molar-refractivity contribution in [2.45, 2.75) is 192 Å². The summed E-state index contributed by atoms with van der Waals surface area (Å²) in [6.45, 7) is 19.1. The SMILES string of the molecule is Cc1cc(Nc2c(Br)c(C3CCCCC3)nc3c(-c4cnn(C)c4Br)cnn23)sn1.Cc1cc(Nc2cc(C3CCCCC3)nc3c(-c4cncs4)cnn23)sn1.Cc1cc(Nc2cc(C3CCCCC3)nc3c(Br)cnn23)sn1.Cc1cc(Nc2cc(C3CCCCS3)nc3c(-c4cnn(C)c4)cnn23)sn1.[C-]#[N+]c1cc(-c2cnn3c(Nc4cc(C)ns4)cc(C4CCCNC4)nc23)co1. The average molecular weight is 2160 g/mol. The minimum Gasteiger partial charge on any atom is -0.486 e. The highest BCUT2D eigenvalue weighted by Gasteiger charge is 2.31. The lowest BCUT2D eigenvalue weighted by atomic mass is 9.87. The number of rotatable bonds is 19. The molecule has 137 heavy (non-hydrogen) atoms. The van der Waals surface area contributed by atoms with Crippen LogP contribution in [0, 0.1) is 41.2 Å². The predicted molar refractivity (Wildman–Crippen MR) is 560 cm³/mol. The number of nitrogens with one attached hydrogen (secondary N) is 6. The first kappa shape index (κ1) is 93.5. The molecule has 5 fully saturated rings. The van der Waals surface area contributed by atoms with E-state index in [1.54, 1.807) is 49.9 Å². The van der Waals surface area contributed by atoms with Crippen LogP contribution in [0.4, 0.5) is 60.0 Å². The molecule has 3 saturated carbocycles. The fraction of sp³-hybridized carbons (Fsp3) is 0.372. The summed E-state index contributed by atoms with van der Waals surface area (Å²) < 4.78 is 42.9. The fourth-order valence-electron chi connectivity index (χ4n) is 18.2. The summed E-state index contributed by atoms with van der Waals surface area (Å²) in [4.78, 5) is 33.7. The zero-order valence-corrected chi connectivity index (χ0v) is 86.8.